The van der Waals surface area contributed by atoms with Crippen molar-refractivity contribution in [2.75, 3.05) is 6.61 Å². The number of hydrogen-bond donors (Lipinski definition) is 3. The third-order valence-corrected chi connectivity index (χ3v) is 3.38. The molecule has 0 heterocycles. The SMILES string of the molecule is Cc1ccccc1C(=O)NC(CC(C)C)C(=O)NC(C)CO. The van der Waals surface area contributed by atoms with Crippen LogP contribution in [0.1, 0.15) is 43.1 Å². The Morgan fingerprint density at radius 1 is 1.14 bits per heavy atom. The summed E-state index contributed by atoms with van der Waals surface area (Å²) in [6.07, 6.45) is 0.543. The molecular formula is C17H26N2O3. The van der Waals surface area contributed by atoms with Crippen LogP contribution in [0.3, 0.4) is 0 Å². The molecule has 1 aromatic rings. The van der Waals surface area contributed by atoms with Crippen molar-refractivity contribution in [3.63, 3.8) is 0 Å². The molecule has 2 unspecified atom stereocenters. The van der Waals surface area contributed by atoms with Crippen LogP contribution in [0.4, 0.5) is 0 Å². The van der Waals surface area contributed by atoms with Crippen molar-refractivity contribution < 1.29 is 14.7 Å². The van der Waals surface area contributed by atoms with E-state index in [-0.39, 0.29) is 30.4 Å². The fourth-order valence-corrected chi connectivity index (χ4v) is 2.16. The Morgan fingerprint density at radius 2 is 1.77 bits per heavy atom. The average molecular weight is 306 g/mol. The molecule has 0 aliphatic carbocycles. The summed E-state index contributed by atoms with van der Waals surface area (Å²) < 4.78 is 0. The fourth-order valence-electron chi connectivity index (χ4n) is 2.16. The minimum absolute atomic E-state index is 0.133. The summed E-state index contributed by atoms with van der Waals surface area (Å²) in [4.78, 5) is 24.6. The van der Waals surface area contributed by atoms with Gasteiger partial charge >= 0.3 is 0 Å². The fraction of sp³-hybridized carbons (Fsp3) is 0.529. The number of amides is 2. The third kappa shape index (κ3) is 5.48. The molecule has 0 saturated heterocycles. The maximum atomic E-state index is 12.4. The van der Waals surface area contributed by atoms with Crippen molar-refractivity contribution in [2.45, 2.75) is 46.2 Å². The predicted molar refractivity (Wildman–Crippen MR) is 86.6 cm³/mol. The molecule has 0 bridgehead atoms. The number of aliphatic hydroxyl groups excluding tert-OH is 1. The highest BCUT2D eigenvalue weighted by Gasteiger charge is 2.23. The highest BCUT2D eigenvalue weighted by Crippen LogP contribution is 2.10. The molecule has 0 radical (unpaired) electrons. The second-order valence-corrected chi connectivity index (χ2v) is 6.06. The normalized spacial score (nSPS) is 13.5. The standard InChI is InChI=1S/C17H26N2O3/c1-11(2)9-15(17(22)18-13(4)10-20)19-16(21)14-8-6-5-7-12(14)3/h5-8,11,13,15,20H,9-10H2,1-4H3,(H,18,22)(H,19,21). The summed E-state index contributed by atoms with van der Waals surface area (Å²) in [6.45, 7) is 7.44. The molecule has 0 aliphatic heterocycles. The van der Waals surface area contributed by atoms with Gasteiger partial charge in [-0.15, -0.1) is 0 Å². The maximum absolute atomic E-state index is 12.4. The van der Waals surface area contributed by atoms with E-state index in [1.54, 1.807) is 19.1 Å². The average Bonchev–Trinajstić information content (AvgIpc) is 2.46. The van der Waals surface area contributed by atoms with Gasteiger partial charge in [0.2, 0.25) is 5.91 Å². The van der Waals surface area contributed by atoms with Crippen LogP contribution in [-0.4, -0.2) is 35.6 Å². The molecule has 0 saturated carbocycles. The Labute approximate surface area is 132 Å². The molecule has 1 aromatic carbocycles. The van der Waals surface area contributed by atoms with Crippen LogP contribution in [0.5, 0.6) is 0 Å². The zero-order valence-corrected chi connectivity index (χ0v) is 13.7. The van der Waals surface area contributed by atoms with Crippen LogP contribution >= 0.6 is 0 Å². The van der Waals surface area contributed by atoms with Crippen LogP contribution in [0.15, 0.2) is 24.3 Å². The van der Waals surface area contributed by atoms with E-state index in [2.05, 4.69) is 10.6 Å². The van der Waals surface area contributed by atoms with Gasteiger partial charge in [-0.05, 0) is 37.8 Å². The molecule has 0 spiro atoms. The molecule has 22 heavy (non-hydrogen) atoms. The molecule has 3 N–H and O–H groups in total. The highest BCUT2D eigenvalue weighted by molar-refractivity contribution is 5.98. The van der Waals surface area contributed by atoms with Gasteiger partial charge in [0, 0.05) is 11.6 Å². The van der Waals surface area contributed by atoms with Gasteiger partial charge in [0.1, 0.15) is 6.04 Å². The second-order valence-electron chi connectivity index (χ2n) is 6.06. The van der Waals surface area contributed by atoms with Crippen molar-refractivity contribution in [1.29, 1.82) is 0 Å². The van der Waals surface area contributed by atoms with Crippen molar-refractivity contribution in [2.24, 2.45) is 5.92 Å². The number of carbonyl (C=O) groups excluding carboxylic acids is 2. The van der Waals surface area contributed by atoms with Gasteiger partial charge < -0.3 is 15.7 Å². The number of rotatable bonds is 7. The van der Waals surface area contributed by atoms with Crippen molar-refractivity contribution in [3.8, 4) is 0 Å². The summed E-state index contributed by atoms with van der Waals surface area (Å²) in [7, 11) is 0. The molecule has 1 rings (SSSR count). The van der Waals surface area contributed by atoms with Crippen molar-refractivity contribution in [1.82, 2.24) is 10.6 Å². The van der Waals surface area contributed by atoms with E-state index < -0.39 is 6.04 Å². The van der Waals surface area contributed by atoms with Gasteiger partial charge in [-0.2, -0.15) is 0 Å². The lowest BCUT2D eigenvalue weighted by atomic mass is 10.0. The Bertz CT molecular complexity index is 514. The van der Waals surface area contributed by atoms with Crippen LogP contribution in [0.2, 0.25) is 0 Å². The monoisotopic (exact) mass is 306 g/mol. The van der Waals surface area contributed by atoms with Crippen molar-refractivity contribution >= 4 is 11.8 Å². The summed E-state index contributed by atoms with van der Waals surface area (Å²) in [5.74, 6) is -0.259. The number of benzene rings is 1. The van der Waals surface area contributed by atoms with Crippen LogP contribution in [-0.2, 0) is 4.79 Å². The van der Waals surface area contributed by atoms with Crippen LogP contribution < -0.4 is 10.6 Å². The Morgan fingerprint density at radius 3 is 2.32 bits per heavy atom. The summed E-state index contributed by atoms with van der Waals surface area (Å²) in [6, 6.07) is 6.32. The molecule has 2 atom stereocenters. The first-order valence-electron chi connectivity index (χ1n) is 7.62. The van der Waals surface area contributed by atoms with E-state index in [0.29, 0.717) is 12.0 Å². The topological polar surface area (TPSA) is 78.4 Å². The number of aliphatic hydroxyl groups is 1. The van der Waals surface area contributed by atoms with E-state index in [0.717, 1.165) is 5.56 Å². The molecule has 122 valence electrons. The summed E-state index contributed by atoms with van der Waals surface area (Å²) >= 11 is 0. The number of carbonyl (C=O) groups is 2. The van der Waals surface area contributed by atoms with Gasteiger partial charge in [0.25, 0.3) is 5.91 Å². The molecule has 0 fully saturated rings. The first-order chi connectivity index (χ1) is 10.3. The summed E-state index contributed by atoms with van der Waals surface area (Å²) in [5, 5.41) is 14.5. The first kappa shape index (κ1) is 18.2. The summed E-state index contributed by atoms with van der Waals surface area (Å²) in [5.41, 5.74) is 1.44. The van der Waals surface area contributed by atoms with E-state index in [9.17, 15) is 9.59 Å². The van der Waals surface area contributed by atoms with E-state index in [1.165, 1.54) is 0 Å². The Balaban J connectivity index is 2.82. The third-order valence-electron chi connectivity index (χ3n) is 3.38. The zero-order valence-electron chi connectivity index (χ0n) is 13.7. The molecular weight excluding hydrogens is 280 g/mol. The minimum atomic E-state index is -0.610. The van der Waals surface area contributed by atoms with Gasteiger partial charge in [-0.3, -0.25) is 9.59 Å². The van der Waals surface area contributed by atoms with Crippen molar-refractivity contribution in [3.05, 3.63) is 35.4 Å². The van der Waals surface area contributed by atoms with Crippen LogP contribution in [0.25, 0.3) is 0 Å². The zero-order chi connectivity index (χ0) is 16.7. The lowest BCUT2D eigenvalue weighted by Crippen LogP contribution is -2.50. The lowest BCUT2D eigenvalue weighted by Gasteiger charge is -2.22. The Hall–Kier alpha value is -1.88. The smallest absolute Gasteiger partial charge is 0.252 e. The highest BCUT2D eigenvalue weighted by atomic mass is 16.3. The minimum Gasteiger partial charge on any atom is -0.394 e. The molecule has 2 amide bonds. The first-order valence-corrected chi connectivity index (χ1v) is 7.62. The maximum Gasteiger partial charge on any atom is 0.252 e. The molecule has 5 heteroatoms. The number of nitrogens with one attached hydrogen (secondary N) is 2. The van der Waals surface area contributed by atoms with Gasteiger partial charge in [0.05, 0.1) is 6.61 Å². The second kappa shape index (κ2) is 8.54. The molecule has 0 aliphatic rings. The van der Waals surface area contributed by atoms with E-state index >= 15 is 0 Å². The predicted octanol–water partition coefficient (Wildman–Crippen LogP) is 1.64. The van der Waals surface area contributed by atoms with Crippen LogP contribution in [0, 0.1) is 12.8 Å². The molecule has 0 aromatic heterocycles. The number of aryl methyl sites for hydroxylation is 1. The molecule has 5 nitrogen and oxygen atoms in total. The Kier molecular flexibility index (Phi) is 7.05. The van der Waals surface area contributed by atoms with Gasteiger partial charge in [-0.1, -0.05) is 32.0 Å². The number of hydrogen-bond acceptors (Lipinski definition) is 3. The van der Waals surface area contributed by atoms with E-state index in [1.807, 2.05) is 32.9 Å². The van der Waals surface area contributed by atoms with Gasteiger partial charge in [-0.25, -0.2) is 0 Å². The largest absolute Gasteiger partial charge is 0.394 e. The van der Waals surface area contributed by atoms with Gasteiger partial charge in [0.15, 0.2) is 0 Å². The lowest BCUT2D eigenvalue weighted by molar-refractivity contribution is -0.124. The van der Waals surface area contributed by atoms with E-state index in [4.69, 9.17) is 5.11 Å². The quantitative estimate of drug-likeness (QED) is 0.716.